The summed E-state index contributed by atoms with van der Waals surface area (Å²) in [5, 5.41) is 3.56. The largest absolute Gasteiger partial charge is 0.355 e. The van der Waals surface area contributed by atoms with Gasteiger partial charge >= 0.3 is 0 Å². The average molecular weight is 303 g/mol. The van der Waals surface area contributed by atoms with E-state index in [9.17, 15) is 0 Å². The summed E-state index contributed by atoms with van der Waals surface area (Å²) >= 11 is 1.93. The van der Waals surface area contributed by atoms with Gasteiger partial charge in [0.1, 0.15) is 0 Å². The van der Waals surface area contributed by atoms with Crippen molar-refractivity contribution in [3.63, 3.8) is 0 Å². The van der Waals surface area contributed by atoms with E-state index in [-0.39, 0.29) is 0 Å². The monoisotopic (exact) mass is 303 g/mol. The molecule has 1 aliphatic rings. The summed E-state index contributed by atoms with van der Waals surface area (Å²) in [6.45, 7) is 0. The van der Waals surface area contributed by atoms with Crippen LogP contribution in [-0.4, -0.2) is 5.75 Å². The molecule has 0 fully saturated rings. The second kappa shape index (κ2) is 5.90. The molecule has 1 aliphatic heterocycles. The quantitative estimate of drug-likeness (QED) is 0.626. The molecule has 0 bridgehead atoms. The topological polar surface area (TPSA) is 12.0 Å². The lowest BCUT2D eigenvalue weighted by atomic mass is 9.87. The summed E-state index contributed by atoms with van der Waals surface area (Å²) in [7, 11) is 0. The highest BCUT2D eigenvalue weighted by Crippen LogP contribution is 2.43. The van der Waals surface area contributed by atoms with Gasteiger partial charge in [0.2, 0.25) is 0 Å². The predicted octanol–water partition coefficient (Wildman–Crippen LogP) is 5.67. The molecule has 3 aromatic carbocycles. The Labute approximate surface area is 135 Å². The number of thioether (sulfide) groups is 1. The summed E-state index contributed by atoms with van der Waals surface area (Å²) < 4.78 is 0. The number of rotatable bonds is 3. The molecule has 0 radical (unpaired) electrons. The molecule has 1 N–H and O–H groups in total. The number of anilines is 2. The van der Waals surface area contributed by atoms with E-state index in [0.29, 0.717) is 5.92 Å². The molecule has 2 heteroatoms. The fourth-order valence-electron chi connectivity index (χ4n) is 3.02. The lowest BCUT2D eigenvalue weighted by molar-refractivity contribution is 0.925. The van der Waals surface area contributed by atoms with Crippen LogP contribution in [0, 0.1) is 0 Å². The summed E-state index contributed by atoms with van der Waals surface area (Å²) in [6.07, 6.45) is 0. The van der Waals surface area contributed by atoms with E-state index in [2.05, 4.69) is 84.2 Å². The smallest absolute Gasteiger partial charge is 0.0423 e. The highest BCUT2D eigenvalue weighted by Gasteiger charge is 2.24. The molecular formula is C20H17NS. The molecule has 3 aromatic rings. The molecule has 4 rings (SSSR count). The van der Waals surface area contributed by atoms with E-state index >= 15 is 0 Å². The van der Waals surface area contributed by atoms with Crippen molar-refractivity contribution in [2.75, 3.05) is 11.1 Å². The van der Waals surface area contributed by atoms with Crippen LogP contribution in [0.3, 0.4) is 0 Å². The van der Waals surface area contributed by atoms with E-state index in [1.165, 1.54) is 27.4 Å². The van der Waals surface area contributed by atoms with Crippen LogP contribution in [0.2, 0.25) is 0 Å². The van der Waals surface area contributed by atoms with Crippen molar-refractivity contribution in [3.8, 4) is 0 Å². The third-order valence-electron chi connectivity index (χ3n) is 4.10. The van der Waals surface area contributed by atoms with Crippen molar-refractivity contribution in [1.82, 2.24) is 0 Å². The minimum atomic E-state index is 0.429. The van der Waals surface area contributed by atoms with Gasteiger partial charge in [-0.3, -0.25) is 0 Å². The molecule has 0 saturated heterocycles. The third-order valence-corrected chi connectivity index (χ3v) is 5.21. The average Bonchev–Trinajstić information content (AvgIpc) is 2.59. The number of nitrogens with one attached hydrogen (secondary N) is 1. The van der Waals surface area contributed by atoms with Gasteiger partial charge in [-0.25, -0.2) is 0 Å². The van der Waals surface area contributed by atoms with Gasteiger partial charge < -0.3 is 5.32 Å². The number of fused-ring (bicyclic) bond motifs is 2. The van der Waals surface area contributed by atoms with Gasteiger partial charge in [0, 0.05) is 27.9 Å². The number of para-hydroxylation sites is 2. The van der Waals surface area contributed by atoms with Crippen molar-refractivity contribution in [3.05, 3.63) is 90.0 Å². The summed E-state index contributed by atoms with van der Waals surface area (Å²) in [4.78, 5) is 1.33. The Morgan fingerprint density at radius 1 is 0.682 bits per heavy atom. The molecule has 0 unspecified atom stereocenters. The van der Waals surface area contributed by atoms with Gasteiger partial charge in [0.25, 0.3) is 0 Å². The Hall–Kier alpha value is -2.19. The van der Waals surface area contributed by atoms with Crippen LogP contribution in [0.1, 0.15) is 17.0 Å². The molecule has 108 valence electrons. The highest BCUT2D eigenvalue weighted by molar-refractivity contribution is 7.99. The molecule has 0 aromatic heterocycles. The molecule has 0 amide bonds. The van der Waals surface area contributed by atoms with Crippen LogP contribution in [0.15, 0.2) is 83.8 Å². The predicted molar refractivity (Wildman–Crippen MR) is 95.2 cm³/mol. The Morgan fingerprint density at radius 2 is 1.23 bits per heavy atom. The van der Waals surface area contributed by atoms with E-state index in [1.54, 1.807) is 0 Å². The summed E-state index contributed by atoms with van der Waals surface area (Å²) in [5.74, 6) is 1.48. The zero-order valence-electron chi connectivity index (χ0n) is 12.2. The maximum absolute atomic E-state index is 3.56. The maximum atomic E-state index is 3.56. The van der Waals surface area contributed by atoms with Crippen LogP contribution in [0.4, 0.5) is 11.4 Å². The second-order valence-electron chi connectivity index (χ2n) is 5.48. The van der Waals surface area contributed by atoms with Gasteiger partial charge in [-0.2, -0.15) is 0 Å². The minimum Gasteiger partial charge on any atom is -0.355 e. The van der Waals surface area contributed by atoms with Gasteiger partial charge in [0.15, 0.2) is 0 Å². The lowest BCUT2D eigenvalue weighted by Gasteiger charge is -2.29. The lowest BCUT2D eigenvalue weighted by Crippen LogP contribution is -2.14. The van der Waals surface area contributed by atoms with E-state index in [4.69, 9.17) is 0 Å². The molecule has 0 atom stereocenters. The minimum absolute atomic E-state index is 0.429. The Bertz CT molecular complexity index is 737. The first-order chi connectivity index (χ1) is 10.9. The SMILES string of the molecule is c1ccc(SCC2c3ccccc3Nc3ccccc32)cc1. The van der Waals surface area contributed by atoms with Gasteiger partial charge in [0.05, 0.1) is 0 Å². The van der Waals surface area contributed by atoms with Gasteiger partial charge in [-0.1, -0.05) is 54.6 Å². The highest BCUT2D eigenvalue weighted by atomic mass is 32.2. The number of benzene rings is 3. The zero-order chi connectivity index (χ0) is 14.8. The van der Waals surface area contributed by atoms with Crippen molar-refractivity contribution in [2.45, 2.75) is 10.8 Å². The number of hydrogen-bond acceptors (Lipinski definition) is 2. The molecule has 0 aliphatic carbocycles. The molecular weight excluding hydrogens is 286 g/mol. The molecule has 1 heterocycles. The molecule has 1 nitrogen and oxygen atoms in total. The molecule has 0 saturated carbocycles. The molecule has 22 heavy (non-hydrogen) atoms. The van der Waals surface area contributed by atoms with Crippen LogP contribution in [-0.2, 0) is 0 Å². The van der Waals surface area contributed by atoms with Crippen LogP contribution in [0.5, 0.6) is 0 Å². The fraction of sp³-hybridized carbons (Fsp3) is 0.100. The Kier molecular flexibility index (Phi) is 3.61. The van der Waals surface area contributed by atoms with Crippen molar-refractivity contribution in [2.24, 2.45) is 0 Å². The zero-order valence-corrected chi connectivity index (χ0v) is 13.0. The van der Waals surface area contributed by atoms with Crippen LogP contribution >= 0.6 is 11.8 Å². The first-order valence-electron chi connectivity index (χ1n) is 7.54. The third kappa shape index (κ3) is 2.51. The summed E-state index contributed by atoms with van der Waals surface area (Å²) in [6, 6.07) is 27.9. The van der Waals surface area contributed by atoms with Crippen LogP contribution in [0.25, 0.3) is 0 Å². The van der Waals surface area contributed by atoms with E-state index in [1.807, 2.05) is 11.8 Å². The normalized spacial score (nSPS) is 13.1. The van der Waals surface area contributed by atoms with Gasteiger partial charge in [-0.05, 0) is 35.4 Å². The van der Waals surface area contributed by atoms with E-state index < -0.39 is 0 Å². The first kappa shape index (κ1) is 13.5. The van der Waals surface area contributed by atoms with Gasteiger partial charge in [-0.15, -0.1) is 11.8 Å². The fourth-order valence-corrected chi connectivity index (χ4v) is 4.09. The van der Waals surface area contributed by atoms with Crippen molar-refractivity contribution >= 4 is 23.1 Å². The van der Waals surface area contributed by atoms with Crippen molar-refractivity contribution in [1.29, 1.82) is 0 Å². The maximum Gasteiger partial charge on any atom is 0.0423 e. The standard InChI is InChI=1S/C20H17NS/c1-2-8-15(9-3-1)22-14-18-16-10-4-6-12-19(16)21-20-13-7-5-11-17(18)20/h1-13,18,21H,14H2. The summed E-state index contributed by atoms with van der Waals surface area (Å²) in [5.41, 5.74) is 5.26. The number of hydrogen-bond donors (Lipinski definition) is 1. The Morgan fingerprint density at radius 3 is 1.86 bits per heavy atom. The first-order valence-corrected chi connectivity index (χ1v) is 8.53. The van der Waals surface area contributed by atoms with Crippen LogP contribution < -0.4 is 5.32 Å². The Balaban J connectivity index is 1.69. The second-order valence-corrected chi connectivity index (χ2v) is 6.57. The molecule has 0 spiro atoms. The van der Waals surface area contributed by atoms with E-state index in [0.717, 1.165) is 5.75 Å². The van der Waals surface area contributed by atoms with Crippen molar-refractivity contribution < 1.29 is 0 Å².